The molecule has 2 N–H and O–H groups in total. The highest BCUT2D eigenvalue weighted by atomic mass is 79.9. The number of hydrogen-bond acceptors (Lipinski definition) is 6. The number of halogens is 1. The van der Waals surface area contributed by atoms with Crippen molar-refractivity contribution in [2.45, 2.75) is 32.6 Å². The molecule has 6 nitrogen and oxygen atoms in total. The summed E-state index contributed by atoms with van der Waals surface area (Å²) in [6.45, 7) is 2.29. The van der Waals surface area contributed by atoms with E-state index in [0.717, 1.165) is 35.7 Å². The normalized spacial score (nSPS) is 12.7. The van der Waals surface area contributed by atoms with Crippen LogP contribution in [0.3, 0.4) is 0 Å². The van der Waals surface area contributed by atoms with Crippen LogP contribution < -0.4 is 15.4 Å². The van der Waals surface area contributed by atoms with Crippen LogP contribution in [0.4, 0.5) is 5.00 Å². The summed E-state index contributed by atoms with van der Waals surface area (Å²) in [7, 11) is 1.36. The first-order chi connectivity index (χ1) is 13.9. The molecular formula is C20H21BrN2O4S2. The first-order valence-corrected chi connectivity index (χ1v) is 11.2. The molecule has 9 heteroatoms. The minimum absolute atomic E-state index is 0.112. The predicted octanol–water partition coefficient (Wildman–Crippen LogP) is 4.70. The number of esters is 1. The first kappa shape index (κ1) is 21.7. The van der Waals surface area contributed by atoms with Crippen molar-refractivity contribution in [1.29, 1.82) is 0 Å². The summed E-state index contributed by atoms with van der Waals surface area (Å²) in [5, 5.41) is 6.40. The Morgan fingerprint density at radius 3 is 2.76 bits per heavy atom. The fraction of sp³-hybridized carbons (Fsp3) is 0.350. The minimum Gasteiger partial charge on any atom is -0.493 e. The summed E-state index contributed by atoms with van der Waals surface area (Å²) in [6, 6.07) is 5.20. The van der Waals surface area contributed by atoms with Crippen LogP contribution in [0.5, 0.6) is 5.75 Å². The minimum atomic E-state index is -0.397. The number of carbonyl (C=O) groups excluding carboxylic acids is 2. The Kier molecular flexibility index (Phi) is 7.26. The largest absolute Gasteiger partial charge is 0.493 e. The van der Waals surface area contributed by atoms with Gasteiger partial charge in [-0.05, 0) is 68.6 Å². The molecule has 0 aliphatic heterocycles. The summed E-state index contributed by atoms with van der Waals surface area (Å²) in [5.41, 5.74) is 1.90. The van der Waals surface area contributed by atoms with Gasteiger partial charge in [0.15, 0.2) is 5.11 Å². The van der Waals surface area contributed by atoms with Crippen LogP contribution in [0.25, 0.3) is 0 Å². The molecule has 0 saturated heterocycles. The van der Waals surface area contributed by atoms with Crippen LogP contribution >= 0.6 is 39.5 Å². The lowest BCUT2D eigenvalue weighted by Gasteiger charge is -2.13. The van der Waals surface area contributed by atoms with Gasteiger partial charge in [-0.25, -0.2) is 4.79 Å². The zero-order valence-electron chi connectivity index (χ0n) is 16.1. The lowest BCUT2D eigenvalue weighted by Crippen LogP contribution is -2.34. The molecule has 0 radical (unpaired) electrons. The Morgan fingerprint density at radius 1 is 1.28 bits per heavy atom. The van der Waals surface area contributed by atoms with E-state index < -0.39 is 11.9 Å². The number of rotatable bonds is 5. The van der Waals surface area contributed by atoms with E-state index in [1.54, 1.807) is 18.2 Å². The highest BCUT2D eigenvalue weighted by Gasteiger charge is 2.26. The van der Waals surface area contributed by atoms with Gasteiger partial charge >= 0.3 is 5.97 Å². The van der Waals surface area contributed by atoms with Crippen molar-refractivity contribution in [2.24, 2.45) is 0 Å². The maximum atomic E-state index is 12.7. The fourth-order valence-corrected chi connectivity index (χ4v) is 5.14. The van der Waals surface area contributed by atoms with Crippen LogP contribution in [0.1, 0.15) is 50.9 Å². The average Bonchev–Trinajstić information content (AvgIpc) is 3.06. The molecule has 2 aromatic rings. The Morgan fingerprint density at radius 2 is 2.03 bits per heavy atom. The third kappa shape index (κ3) is 4.96. The molecule has 29 heavy (non-hydrogen) atoms. The van der Waals surface area contributed by atoms with Gasteiger partial charge in [0.05, 0.1) is 24.8 Å². The number of fused-ring (bicyclic) bond motifs is 1. The number of benzene rings is 1. The molecule has 0 saturated carbocycles. The number of thiocarbonyl (C=S) groups is 1. The quantitative estimate of drug-likeness (QED) is 0.461. The van der Waals surface area contributed by atoms with Crippen LogP contribution in [-0.4, -0.2) is 30.7 Å². The van der Waals surface area contributed by atoms with Crippen LogP contribution in [-0.2, 0) is 17.6 Å². The van der Waals surface area contributed by atoms with Gasteiger partial charge in [-0.15, -0.1) is 11.3 Å². The standard InChI is InChI=1S/C20H21BrN2O4S2/c1-3-27-14-9-8-11(21)10-13(14)17(24)22-20(28)23-18-16(19(25)26-2)12-6-4-5-7-15(12)29-18/h8-10H,3-7H2,1-2H3,(H2,22,23,24,28). The zero-order chi connectivity index (χ0) is 21.0. The maximum absolute atomic E-state index is 12.7. The van der Waals surface area contributed by atoms with Crippen molar-refractivity contribution >= 4 is 61.5 Å². The summed E-state index contributed by atoms with van der Waals surface area (Å²) in [6.07, 6.45) is 3.91. The molecule has 1 amide bonds. The molecule has 0 spiro atoms. The van der Waals surface area contributed by atoms with Gasteiger partial charge in [0.2, 0.25) is 0 Å². The lowest BCUT2D eigenvalue weighted by atomic mass is 9.95. The second kappa shape index (κ2) is 9.69. The summed E-state index contributed by atoms with van der Waals surface area (Å²) in [5.74, 6) is -0.322. The van der Waals surface area contributed by atoms with E-state index in [4.69, 9.17) is 21.7 Å². The molecule has 0 unspecified atom stereocenters. The topological polar surface area (TPSA) is 76.7 Å². The fourth-order valence-electron chi connectivity index (χ4n) is 3.24. The average molecular weight is 497 g/mol. The summed E-state index contributed by atoms with van der Waals surface area (Å²) in [4.78, 5) is 26.2. The molecule has 0 bridgehead atoms. The summed E-state index contributed by atoms with van der Waals surface area (Å²) < 4.78 is 11.2. The Bertz CT molecular complexity index is 958. The van der Waals surface area contributed by atoms with Gasteiger partial charge in [-0.3, -0.25) is 10.1 Å². The summed E-state index contributed by atoms with van der Waals surface area (Å²) >= 11 is 10.2. The van der Waals surface area contributed by atoms with E-state index in [-0.39, 0.29) is 5.11 Å². The van der Waals surface area contributed by atoms with Gasteiger partial charge in [0.1, 0.15) is 10.8 Å². The van der Waals surface area contributed by atoms with E-state index in [2.05, 4.69) is 26.6 Å². The van der Waals surface area contributed by atoms with Crippen LogP contribution in [0.15, 0.2) is 22.7 Å². The Balaban J connectivity index is 1.80. The number of methoxy groups -OCH3 is 1. The molecule has 0 fully saturated rings. The maximum Gasteiger partial charge on any atom is 0.341 e. The van der Waals surface area contributed by atoms with E-state index in [1.807, 2.05) is 6.92 Å². The van der Waals surface area contributed by atoms with E-state index in [9.17, 15) is 9.59 Å². The van der Waals surface area contributed by atoms with Crippen LogP contribution in [0, 0.1) is 0 Å². The van der Waals surface area contributed by atoms with Gasteiger partial charge in [0.25, 0.3) is 5.91 Å². The van der Waals surface area contributed by atoms with Crippen molar-refractivity contribution in [3.63, 3.8) is 0 Å². The van der Waals surface area contributed by atoms with Crippen LogP contribution in [0.2, 0.25) is 0 Å². The second-order valence-electron chi connectivity index (χ2n) is 6.39. The highest BCUT2D eigenvalue weighted by Crippen LogP contribution is 2.38. The lowest BCUT2D eigenvalue weighted by molar-refractivity contribution is 0.0601. The van der Waals surface area contributed by atoms with Crippen molar-refractivity contribution in [3.8, 4) is 5.75 Å². The molecule has 1 heterocycles. The van der Waals surface area contributed by atoms with E-state index in [1.165, 1.54) is 23.3 Å². The third-order valence-electron chi connectivity index (χ3n) is 4.50. The molecular weight excluding hydrogens is 476 g/mol. The van der Waals surface area contributed by atoms with Gasteiger partial charge in [-0.1, -0.05) is 15.9 Å². The SMILES string of the molecule is CCOc1ccc(Br)cc1C(=O)NC(=S)Nc1sc2c(c1C(=O)OC)CCCC2. The van der Waals surface area contributed by atoms with Crippen molar-refractivity contribution < 1.29 is 19.1 Å². The molecule has 0 atom stereocenters. The predicted molar refractivity (Wildman–Crippen MR) is 121 cm³/mol. The molecule has 3 rings (SSSR count). The number of nitrogens with one attached hydrogen (secondary N) is 2. The second-order valence-corrected chi connectivity index (χ2v) is 8.82. The Labute approximate surface area is 187 Å². The number of anilines is 1. The smallest absolute Gasteiger partial charge is 0.341 e. The number of aryl methyl sites for hydroxylation is 1. The number of hydrogen-bond donors (Lipinski definition) is 2. The molecule has 1 aromatic heterocycles. The first-order valence-electron chi connectivity index (χ1n) is 9.22. The van der Waals surface area contributed by atoms with Crippen molar-refractivity contribution in [2.75, 3.05) is 19.0 Å². The van der Waals surface area contributed by atoms with Crippen molar-refractivity contribution in [3.05, 3.63) is 44.2 Å². The van der Waals surface area contributed by atoms with Gasteiger partial charge in [-0.2, -0.15) is 0 Å². The van der Waals surface area contributed by atoms with Gasteiger partial charge < -0.3 is 14.8 Å². The van der Waals surface area contributed by atoms with E-state index in [0.29, 0.717) is 28.5 Å². The third-order valence-corrected chi connectivity index (χ3v) is 6.41. The van der Waals surface area contributed by atoms with E-state index >= 15 is 0 Å². The molecule has 1 aliphatic rings. The molecule has 1 aromatic carbocycles. The van der Waals surface area contributed by atoms with Gasteiger partial charge in [0, 0.05) is 9.35 Å². The molecule has 1 aliphatic carbocycles. The monoisotopic (exact) mass is 496 g/mol. The highest BCUT2D eigenvalue weighted by molar-refractivity contribution is 9.10. The molecule has 154 valence electrons. The number of amides is 1. The number of ether oxygens (including phenoxy) is 2. The van der Waals surface area contributed by atoms with Crippen molar-refractivity contribution in [1.82, 2.24) is 5.32 Å². The Hall–Kier alpha value is -1.97. The number of thiophene rings is 1. The zero-order valence-corrected chi connectivity index (χ0v) is 19.3. The number of carbonyl (C=O) groups is 2.